The van der Waals surface area contributed by atoms with Crippen molar-refractivity contribution in [3.05, 3.63) is 101 Å². The average Bonchev–Trinajstić information content (AvgIpc) is 4.14. The number of rotatable bonds is 10. The Hall–Kier alpha value is -6.58. The Kier molecular flexibility index (Phi) is 14.6. The molecule has 4 aliphatic rings. The van der Waals surface area contributed by atoms with Crippen LogP contribution >= 0.6 is 0 Å². The first kappa shape index (κ1) is 48.9. The van der Waals surface area contributed by atoms with E-state index in [9.17, 15) is 19.2 Å². The number of aryl methyl sites for hydroxylation is 2. The molecule has 2 aliphatic heterocycles. The van der Waals surface area contributed by atoms with Gasteiger partial charge in [0.05, 0.1) is 61.5 Å². The van der Waals surface area contributed by atoms with E-state index in [0.29, 0.717) is 28.6 Å². The molecule has 0 spiro atoms. The van der Waals surface area contributed by atoms with Gasteiger partial charge in [-0.2, -0.15) is 0 Å². The number of ether oxygens (including phenoxy) is 2. The predicted octanol–water partition coefficient (Wildman–Crippen LogP) is 9.64. The van der Waals surface area contributed by atoms with Crippen molar-refractivity contribution in [3.63, 3.8) is 0 Å². The van der Waals surface area contributed by atoms with Crippen LogP contribution in [0.1, 0.15) is 108 Å². The summed E-state index contributed by atoms with van der Waals surface area (Å²) in [6, 6.07) is 15.9. The summed E-state index contributed by atoms with van der Waals surface area (Å²) < 4.78 is 39.7. The summed E-state index contributed by atoms with van der Waals surface area (Å²) in [6.07, 6.45) is 4.22. The number of carbonyl (C=O) groups excluding carboxylic acids is 4. The molecular formula is C53H64F2N8O6. The molecule has 69 heavy (non-hydrogen) atoms. The Morgan fingerprint density at radius 2 is 1.28 bits per heavy atom. The molecule has 2 aliphatic carbocycles. The number of fused-ring (bicyclic) bond motifs is 10. The molecule has 9 rings (SSSR count). The average molecular weight is 947 g/mol. The van der Waals surface area contributed by atoms with Gasteiger partial charge in [0, 0.05) is 12.8 Å². The number of imidazole rings is 2. The molecule has 2 fully saturated rings. The van der Waals surface area contributed by atoms with Crippen LogP contribution in [-0.4, -0.2) is 105 Å². The molecule has 5 aromatic rings. The maximum atomic E-state index is 15.1. The zero-order valence-corrected chi connectivity index (χ0v) is 40.7. The van der Waals surface area contributed by atoms with E-state index in [-0.39, 0.29) is 49.6 Å². The number of H-pyrrole nitrogens is 2. The zero-order valence-electron chi connectivity index (χ0n) is 40.7. The summed E-state index contributed by atoms with van der Waals surface area (Å²) in [6.45, 7) is 11.5. The number of alkyl carbamates (subject to hydrolysis) is 2. The summed E-state index contributed by atoms with van der Waals surface area (Å²) in [7, 11) is 2.48. The maximum Gasteiger partial charge on any atom is 0.407 e. The molecule has 14 nitrogen and oxygen atoms in total. The lowest BCUT2D eigenvalue weighted by Crippen LogP contribution is -2.51. The second kappa shape index (κ2) is 20.6. The molecule has 4 N–H and O–H groups in total. The largest absolute Gasteiger partial charge is 0.453 e. The van der Waals surface area contributed by atoms with E-state index in [1.807, 2.05) is 39.8 Å². The Bertz CT molecular complexity index is 2800. The van der Waals surface area contributed by atoms with E-state index in [4.69, 9.17) is 19.4 Å². The number of aromatic nitrogens is 4. The lowest BCUT2D eigenvalue weighted by atomic mass is 9.88. The third kappa shape index (κ3) is 10.5. The Balaban J connectivity index is 1.04. The standard InChI is InChI=1S/C53H64F2N8O6/c1-28(2)46(60-52(66)68-7)50(64)62-26-37(54)24-44(62)48-56-40-19-17-35(22-42(40)58-48)31(6)33-13-9-30(5)10-14-34-16-12-32(11-15-33)21-39(34)36-18-20-41-43(23-36)59-49(57-41)45-25-38(55)27-63(45)51(65)47(29(3)4)61-53(67)69-8/h9,12-13,16-23,28-30,37-38,44-47H,10-11,14-15,24-27H2,1-8H3,(H,56,58)(H,57,59)(H,60,66)(H,61,67)/b13-9-,33-31-/t30-,37+,38+,44-,45-,46-,47-/m0/s1. The number of benzene rings is 3. The van der Waals surface area contributed by atoms with Gasteiger partial charge < -0.3 is 39.9 Å². The van der Waals surface area contributed by atoms with Gasteiger partial charge in [0.1, 0.15) is 36.1 Å². The number of nitrogens with zero attached hydrogens (tertiary/aromatic N) is 4. The minimum absolute atomic E-state index is 0.0923. The topological polar surface area (TPSA) is 175 Å². The van der Waals surface area contributed by atoms with Crippen LogP contribution in [0.3, 0.4) is 0 Å². The smallest absolute Gasteiger partial charge is 0.407 e. The fourth-order valence-electron chi connectivity index (χ4n) is 9.99. The number of carbonyl (C=O) groups is 4. The van der Waals surface area contributed by atoms with Gasteiger partial charge in [-0.05, 0) is 114 Å². The zero-order chi connectivity index (χ0) is 49.3. The monoisotopic (exact) mass is 946 g/mol. The molecule has 2 aromatic heterocycles. The minimum Gasteiger partial charge on any atom is -0.453 e. The first-order valence-electron chi connectivity index (χ1n) is 24.1. The van der Waals surface area contributed by atoms with Gasteiger partial charge in [-0.3, -0.25) is 9.59 Å². The van der Waals surface area contributed by atoms with E-state index in [0.717, 1.165) is 59.0 Å². The van der Waals surface area contributed by atoms with Gasteiger partial charge in [0.15, 0.2) is 0 Å². The second-order valence-corrected chi connectivity index (χ2v) is 19.6. The van der Waals surface area contributed by atoms with Crippen LogP contribution in [0, 0.1) is 17.8 Å². The predicted molar refractivity (Wildman–Crippen MR) is 261 cm³/mol. The number of aromatic amines is 2. The van der Waals surface area contributed by atoms with Crippen LogP contribution in [0.25, 0.3) is 38.8 Å². The SMILES string of the molecule is COC(=O)N[C@H](C(=O)N1C[C@H](F)C[C@H]1c1nc2ccc(/C(C)=C3/C=C\[C@H](C)CCc4ccc(cc4-c4ccc5nc([C@@H]6C[C@@H](F)CN6C(=O)[C@@H](NC(=O)OC)C(C)C)[nH]c5c4)CC3)cc2[nH]1)C(C)C. The summed E-state index contributed by atoms with van der Waals surface area (Å²) >= 11 is 0. The minimum atomic E-state index is -1.24. The van der Waals surface area contributed by atoms with Crippen LogP contribution in [0.15, 0.2) is 72.3 Å². The van der Waals surface area contributed by atoms with Crippen molar-refractivity contribution in [2.45, 2.75) is 117 Å². The maximum absolute atomic E-state index is 15.1. The molecule has 0 radical (unpaired) electrons. The third-order valence-electron chi connectivity index (χ3n) is 14.1. The number of hydrogen-bond acceptors (Lipinski definition) is 8. The first-order valence-corrected chi connectivity index (χ1v) is 24.1. The van der Waals surface area contributed by atoms with Crippen LogP contribution < -0.4 is 10.6 Å². The van der Waals surface area contributed by atoms with E-state index >= 15 is 8.78 Å². The lowest BCUT2D eigenvalue weighted by molar-refractivity contribution is -0.136. The summed E-state index contributed by atoms with van der Waals surface area (Å²) in [5, 5.41) is 5.25. The Labute approximate surface area is 401 Å². The van der Waals surface area contributed by atoms with Gasteiger partial charge >= 0.3 is 12.2 Å². The highest BCUT2D eigenvalue weighted by Crippen LogP contribution is 2.38. The molecule has 2 bridgehead atoms. The second-order valence-electron chi connectivity index (χ2n) is 19.6. The van der Waals surface area contributed by atoms with Crippen molar-refractivity contribution in [2.75, 3.05) is 27.3 Å². The molecule has 7 atom stereocenters. The van der Waals surface area contributed by atoms with Gasteiger partial charge in [-0.1, -0.05) is 77.1 Å². The van der Waals surface area contributed by atoms with Crippen LogP contribution in [0.4, 0.5) is 18.4 Å². The lowest BCUT2D eigenvalue weighted by Gasteiger charge is -2.29. The molecular weight excluding hydrogens is 883 g/mol. The molecule has 4 heterocycles. The van der Waals surface area contributed by atoms with Crippen molar-refractivity contribution in [1.82, 2.24) is 40.4 Å². The van der Waals surface area contributed by atoms with Gasteiger partial charge in [0.2, 0.25) is 11.8 Å². The van der Waals surface area contributed by atoms with Gasteiger partial charge in [-0.25, -0.2) is 28.3 Å². The van der Waals surface area contributed by atoms with E-state index in [1.54, 1.807) is 0 Å². The Morgan fingerprint density at radius 3 is 1.83 bits per heavy atom. The summed E-state index contributed by atoms with van der Waals surface area (Å²) in [5.41, 5.74) is 11.0. The first-order chi connectivity index (χ1) is 33.0. The number of nitrogens with one attached hydrogen (secondary N) is 4. The van der Waals surface area contributed by atoms with Gasteiger partial charge in [-0.15, -0.1) is 0 Å². The number of halogens is 2. The number of methoxy groups -OCH3 is 2. The fourth-order valence-corrected chi connectivity index (χ4v) is 9.99. The highest BCUT2D eigenvalue weighted by Gasteiger charge is 2.43. The Morgan fingerprint density at radius 1 is 0.725 bits per heavy atom. The van der Waals surface area contributed by atoms with Crippen molar-refractivity contribution < 1.29 is 37.4 Å². The van der Waals surface area contributed by atoms with E-state index in [2.05, 4.69) is 89.1 Å². The molecule has 3 aromatic carbocycles. The van der Waals surface area contributed by atoms with Crippen LogP contribution in [-0.2, 0) is 31.9 Å². The van der Waals surface area contributed by atoms with E-state index < -0.39 is 48.7 Å². The van der Waals surface area contributed by atoms with Crippen molar-refractivity contribution in [2.24, 2.45) is 17.8 Å². The summed E-state index contributed by atoms with van der Waals surface area (Å²) in [4.78, 5) is 71.3. The van der Waals surface area contributed by atoms with Crippen molar-refractivity contribution in [1.29, 1.82) is 0 Å². The van der Waals surface area contributed by atoms with Gasteiger partial charge in [0.25, 0.3) is 0 Å². The normalized spacial score (nSPS) is 22.9. The quantitative estimate of drug-likeness (QED) is 0.107. The molecule has 4 amide bonds. The third-order valence-corrected chi connectivity index (χ3v) is 14.1. The fraction of sp³-hybridized carbons (Fsp3) is 0.472. The molecule has 0 saturated carbocycles. The number of alkyl halides is 2. The molecule has 366 valence electrons. The number of amides is 4. The van der Waals surface area contributed by atoms with Crippen molar-refractivity contribution >= 4 is 51.6 Å². The molecule has 16 heteroatoms. The van der Waals surface area contributed by atoms with Crippen molar-refractivity contribution in [3.8, 4) is 11.1 Å². The molecule has 0 unspecified atom stereocenters. The number of hydrogen-bond donors (Lipinski definition) is 4. The van der Waals surface area contributed by atoms with Crippen LogP contribution in [0.5, 0.6) is 0 Å². The van der Waals surface area contributed by atoms with E-state index in [1.165, 1.54) is 40.7 Å². The van der Waals surface area contributed by atoms with Crippen LogP contribution in [0.2, 0.25) is 0 Å². The highest BCUT2D eigenvalue weighted by atomic mass is 19.1. The molecule has 2 saturated heterocycles. The highest BCUT2D eigenvalue weighted by molar-refractivity contribution is 5.88. The number of allylic oxidation sites excluding steroid dienone is 4. The summed E-state index contributed by atoms with van der Waals surface area (Å²) in [5.74, 6) is 0.0363. The number of likely N-dealkylation sites (tertiary alicyclic amines) is 2.